The van der Waals surface area contributed by atoms with E-state index in [0.717, 1.165) is 28.8 Å². The smallest absolute Gasteiger partial charge is 0.744 e. The first-order valence-electron chi connectivity index (χ1n) is 16.4. The Bertz CT molecular complexity index is 2800. The Morgan fingerprint density at radius 2 is 1.26 bits per heavy atom. The van der Waals surface area contributed by atoms with Crippen molar-refractivity contribution < 1.29 is 102 Å². The van der Waals surface area contributed by atoms with E-state index in [9.17, 15) is 39.2 Å². The van der Waals surface area contributed by atoms with Gasteiger partial charge >= 0.3 is 69.2 Å². The third kappa shape index (κ3) is 10.8. The summed E-state index contributed by atoms with van der Waals surface area (Å²) in [4.78, 5) is 12.1. The van der Waals surface area contributed by atoms with E-state index in [0.29, 0.717) is 28.1 Å². The second-order valence-electron chi connectivity index (χ2n) is 12.6. The number of azo groups is 2. The average Bonchev–Trinajstić information content (AvgIpc) is 3.42. The summed E-state index contributed by atoms with van der Waals surface area (Å²) >= 11 is 0. The van der Waals surface area contributed by atoms with E-state index in [4.69, 9.17) is 4.18 Å². The molecule has 0 saturated heterocycles. The summed E-state index contributed by atoms with van der Waals surface area (Å²) in [6.45, 7) is 6.62. The van der Waals surface area contributed by atoms with Crippen molar-refractivity contribution in [2.24, 2.45) is 25.6 Å². The second kappa shape index (κ2) is 18.5. The van der Waals surface area contributed by atoms with Crippen LogP contribution >= 0.6 is 0 Å². The van der Waals surface area contributed by atoms with Crippen LogP contribution in [0.5, 0.6) is 5.75 Å². The number of hydrazone groups is 1. The Kier molecular flexibility index (Phi) is 14.9. The standard InChI is InChI=1S/C37H32N6O10S3.2Na/c1-22-5-14-32(15-6-22)56(51,52)53-30-12-8-28(9-13-30)38-39-33-18-7-26(19-23(33)2)27-20-24(3)35(34(21-27)55(48,49)50)40-41-36-25(4)42-43(37(36)44)29-10-16-31(17-11-29)54(45,46)47;;/h5-21,36H,1-4H3,(H,45,46,47)(H,48,49,50);;/q;2*+1/p-2. The summed E-state index contributed by atoms with van der Waals surface area (Å²) in [6.07, 6.45) is 0. The predicted molar refractivity (Wildman–Crippen MR) is 202 cm³/mol. The molecule has 16 nitrogen and oxygen atoms in total. The molecule has 1 amide bonds. The largest absolute Gasteiger partial charge is 1.00 e. The first-order chi connectivity index (χ1) is 26.3. The molecule has 0 radical (unpaired) electrons. The monoisotopic (exact) mass is 860 g/mol. The van der Waals surface area contributed by atoms with Gasteiger partial charge in [-0.25, -0.2) is 16.8 Å². The molecule has 1 atom stereocenters. The van der Waals surface area contributed by atoms with Gasteiger partial charge in [0, 0.05) is 0 Å². The fraction of sp³-hybridized carbons (Fsp3) is 0.135. The zero-order valence-electron chi connectivity index (χ0n) is 31.9. The first kappa shape index (κ1) is 46.7. The SMILES string of the molecule is CC1=NN(c2ccc(S(=O)(=O)[O-])cc2)C(=O)C1N=Nc1c(C)cc(-c2ccc(N=Nc3ccc(OS(=O)(=O)c4ccc(C)cc4)cc3)c(C)c2)cc1S(=O)(=O)[O-].[Na+].[Na+]. The van der Waals surface area contributed by atoms with Crippen molar-refractivity contribution in [3.63, 3.8) is 0 Å². The van der Waals surface area contributed by atoms with Crippen LogP contribution in [-0.4, -0.2) is 52.0 Å². The molecule has 0 fully saturated rings. The van der Waals surface area contributed by atoms with E-state index >= 15 is 0 Å². The molecular formula is C37H30N6Na2O10S3. The van der Waals surface area contributed by atoms with Crippen LogP contribution in [0.1, 0.15) is 23.6 Å². The molecule has 0 bridgehead atoms. The molecule has 0 aromatic heterocycles. The maximum Gasteiger partial charge on any atom is 1.00 e. The van der Waals surface area contributed by atoms with Gasteiger partial charge in [0.05, 0.1) is 32.6 Å². The van der Waals surface area contributed by atoms with Crippen LogP contribution in [0.2, 0.25) is 0 Å². The van der Waals surface area contributed by atoms with Crippen LogP contribution in [0.3, 0.4) is 0 Å². The molecule has 21 heteroatoms. The second-order valence-corrected chi connectivity index (χ2v) is 16.9. The van der Waals surface area contributed by atoms with Gasteiger partial charge in [0.1, 0.15) is 36.6 Å². The Balaban J connectivity index is 0.00000372. The van der Waals surface area contributed by atoms with E-state index in [1.807, 2.05) is 6.92 Å². The van der Waals surface area contributed by atoms with E-state index in [2.05, 4.69) is 25.6 Å². The van der Waals surface area contributed by atoms with Crippen molar-refractivity contribution in [3.8, 4) is 16.9 Å². The molecular weight excluding hydrogens is 831 g/mol. The van der Waals surface area contributed by atoms with E-state index in [1.54, 1.807) is 43.3 Å². The fourth-order valence-corrected chi connectivity index (χ4v) is 7.59. The van der Waals surface area contributed by atoms with Gasteiger partial charge in [-0.2, -0.15) is 39.0 Å². The van der Waals surface area contributed by atoms with Gasteiger partial charge < -0.3 is 13.3 Å². The van der Waals surface area contributed by atoms with Gasteiger partial charge in [-0.15, -0.1) is 0 Å². The van der Waals surface area contributed by atoms with Gasteiger partial charge in [0.25, 0.3) is 5.91 Å². The number of rotatable bonds is 11. The minimum absolute atomic E-state index is 0. The molecule has 0 N–H and O–H groups in total. The van der Waals surface area contributed by atoms with E-state index in [-0.39, 0.29) is 92.4 Å². The minimum Gasteiger partial charge on any atom is -0.744 e. The summed E-state index contributed by atoms with van der Waals surface area (Å²) in [7, 11) is -13.8. The number of carbonyl (C=O) groups is 1. The molecule has 1 aliphatic heterocycles. The molecule has 0 saturated carbocycles. The number of benzene rings is 5. The number of anilines is 1. The number of carbonyl (C=O) groups excluding carboxylic acids is 1. The van der Waals surface area contributed by atoms with Crippen LogP contribution in [0.25, 0.3) is 11.1 Å². The Hall–Kier alpha value is -3.99. The zero-order valence-corrected chi connectivity index (χ0v) is 38.3. The van der Waals surface area contributed by atoms with Gasteiger partial charge in [-0.1, -0.05) is 23.8 Å². The van der Waals surface area contributed by atoms with Crippen LogP contribution in [0, 0.1) is 20.8 Å². The normalized spacial score (nSPS) is 14.7. The van der Waals surface area contributed by atoms with Crippen molar-refractivity contribution in [1.82, 2.24) is 0 Å². The van der Waals surface area contributed by atoms with Crippen molar-refractivity contribution in [2.45, 2.75) is 48.4 Å². The minimum atomic E-state index is -5.10. The number of hydrogen-bond acceptors (Lipinski definition) is 15. The molecule has 1 unspecified atom stereocenters. The molecule has 288 valence electrons. The molecule has 5 aromatic rings. The topological polar surface area (TPSA) is 240 Å². The molecule has 6 rings (SSSR count). The zero-order chi connectivity index (χ0) is 40.6. The summed E-state index contributed by atoms with van der Waals surface area (Å²) < 4.78 is 102. The summed E-state index contributed by atoms with van der Waals surface area (Å²) in [5.74, 6) is -0.592. The number of hydrogen-bond donors (Lipinski definition) is 0. The maximum absolute atomic E-state index is 13.2. The Labute approximate surface area is 379 Å². The molecule has 58 heavy (non-hydrogen) atoms. The molecule has 1 heterocycles. The maximum atomic E-state index is 13.2. The Morgan fingerprint density at radius 3 is 1.84 bits per heavy atom. The van der Waals surface area contributed by atoms with Gasteiger partial charge in [-0.3, -0.25) is 4.79 Å². The Morgan fingerprint density at radius 1 is 0.655 bits per heavy atom. The summed E-state index contributed by atoms with van der Waals surface area (Å²) in [6, 6.07) is 23.3. The van der Waals surface area contributed by atoms with E-state index in [1.165, 1.54) is 62.4 Å². The summed E-state index contributed by atoms with van der Waals surface area (Å²) in [5, 5.41) is 21.6. The number of amides is 1. The van der Waals surface area contributed by atoms with E-state index < -0.39 is 52.1 Å². The van der Waals surface area contributed by atoms with Crippen LogP contribution in [0.4, 0.5) is 22.7 Å². The molecule has 5 aromatic carbocycles. The van der Waals surface area contributed by atoms with Crippen LogP contribution in [-0.2, 0) is 35.1 Å². The third-order valence-electron chi connectivity index (χ3n) is 8.43. The summed E-state index contributed by atoms with van der Waals surface area (Å²) in [5.41, 5.74) is 3.73. The molecule has 1 aliphatic rings. The van der Waals surface area contributed by atoms with Gasteiger partial charge in [0.15, 0.2) is 6.04 Å². The number of aryl methyl sites for hydroxylation is 3. The van der Waals surface area contributed by atoms with Crippen LogP contribution < -0.4 is 68.3 Å². The third-order valence-corrected chi connectivity index (χ3v) is 11.4. The first-order valence-corrected chi connectivity index (χ1v) is 20.6. The van der Waals surface area contributed by atoms with Gasteiger partial charge in [-0.05, 0) is 135 Å². The van der Waals surface area contributed by atoms with Crippen molar-refractivity contribution in [3.05, 3.63) is 120 Å². The van der Waals surface area contributed by atoms with Crippen molar-refractivity contribution in [2.75, 3.05) is 5.01 Å². The molecule has 0 aliphatic carbocycles. The van der Waals surface area contributed by atoms with Crippen molar-refractivity contribution in [1.29, 1.82) is 0 Å². The molecule has 0 spiro atoms. The van der Waals surface area contributed by atoms with Crippen LogP contribution in [0.15, 0.2) is 143 Å². The number of nitrogens with zero attached hydrogens (tertiary/aromatic N) is 6. The van der Waals surface area contributed by atoms with Gasteiger partial charge in [0.2, 0.25) is 0 Å². The van der Waals surface area contributed by atoms with Crippen molar-refractivity contribution >= 4 is 64.7 Å². The quantitative estimate of drug-likeness (QED) is 0.0795. The average molecular weight is 861 g/mol. The predicted octanol–water partition coefficient (Wildman–Crippen LogP) is 1.15. The fourth-order valence-electron chi connectivity index (χ4n) is 5.48.